The van der Waals surface area contributed by atoms with Gasteiger partial charge in [-0.05, 0) is 18.6 Å². The Bertz CT molecular complexity index is 495. The van der Waals surface area contributed by atoms with E-state index < -0.39 is 28.7 Å². The topological polar surface area (TPSA) is 60.2 Å². The Labute approximate surface area is 99.6 Å². The number of hydrogen-bond donors (Lipinski definition) is 0. The van der Waals surface area contributed by atoms with Crippen molar-refractivity contribution in [3.05, 3.63) is 39.9 Å². The van der Waals surface area contributed by atoms with Gasteiger partial charge in [0.2, 0.25) is 0 Å². The molecule has 2 rings (SSSR count). The summed E-state index contributed by atoms with van der Waals surface area (Å²) in [6.45, 7) is 0. The van der Waals surface area contributed by atoms with Crippen LogP contribution < -0.4 is 0 Å². The molecule has 1 aliphatic carbocycles. The van der Waals surface area contributed by atoms with Gasteiger partial charge >= 0.3 is 6.18 Å². The Balaban J connectivity index is 2.10. The second kappa shape index (κ2) is 4.08. The van der Waals surface area contributed by atoms with Gasteiger partial charge in [0, 0.05) is 23.6 Å². The molecule has 1 saturated carbocycles. The predicted molar refractivity (Wildman–Crippen MR) is 55.1 cm³/mol. The highest BCUT2D eigenvalue weighted by atomic mass is 19.4. The minimum absolute atomic E-state index is 0.0809. The van der Waals surface area contributed by atoms with Crippen LogP contribution >= 0.6 is 0 Å². The van der Waals surface area contributed by atoms with E-state index in [-0.39, 0.29) is 17.7 Å². The van der Waals surface area contributed by atoms with Crippen molar-refractivity contribution < 1.29 is 22.9 Å². The SMILES string of the molecule is O=C(c1ccc([N+](=O)[O-])cc1)C1CC1C(F)(F)F. The zero-order valence-corrected chi connectivity index (χ0v) is 8.98. The fraction of sp³-hybridized carbons (Fsp3) is 0.364. The molecule has 1 aromatic carbocycles. The number of nitro groups is 1. The monoisotopic (exact) mass is 259 g/mol. The van der Waals surface area contributed by atoms with Gasteiger partial charge < -0.3 is 0 Å². The minimum atomic E-state index is -4.35. The van der Waals surface area contributed by atoms with Gasteiger partial charge in [0.1, 0.15) is 0 Å². The molecule has 0 saturated heterocycles. The molecule has 1 fully saturated rings. The first-order valence-electron chi connectivity index (χ1n) is 5.16. The van der Waals surface area contributed by atoms with Crippen molar-refractivity contribution in [3.8, 4) is 0 Å². The van der Waals surface area contributed by atoms with E-state index in [0.717, 1.165) is 12.1 Å². The number of nitrogens with zero attached hydrogens (tertiary/aromatic N) is 1. The molecule has 7 heteroatoms. The van der Waals surface area contributed by atoms with Crippen molar-refractivity contribution >= 4 is 11.5 Å². The molecule has 1 aromatic rings. The Kier molecular flexibility index (Phi) is 2.84. The number of carbonyl (C=O) groups is 1. The normalized spacial score (nSPS) is 22.6. The standard InChI is InChI=1S/C11H8F3NO3/c12-11(13,14)9-5-8(9)10(16)6-1-3-7(4-2-6)15(17)18/h1-4,8-9H,5H2. The van der Waals surface area contributed by atoms with E-state index >= 15 is 0 Å². The van der Waals surface area contributed by atoms with E-state index in [0.29, 0.717) is 0 Å². The Morgan fingerprint density at radius 1 is 1.28 bits per heavy atom. The summed E-state index contributed by atoms with van der Waals surface area (Å²) >= 11 is 0. The number of alkyl halides is 3. The van der Waals surface area contributed by atoms with Crippen molar-refractivity contribution in [2.45, 2.75) is 12.6 Å². The fourth-order valence-electron chi connectivity index (χ4n) is 1.81. The number of nitro benzene ring substituents is 1. The number of benzene rings is 1. The molecule has 0 bridgehead atoms. The largest absolute Gasteiger partial charge is 0.392 e. The molecule has 0 N–H and O–H groups in total. The van der Waals surface area contributed by atoms with Gasteiger partial charge in [-0.25, -0.2) is 0 Å². The molecule has 2 unspecified atom stereocenters. The molecule has 0 heterocycles. The first-order chi connectivity index (χ1) is 8.30. The van der Waals surface area contributed by atoms with Gasteiger partial charge in [-0.15, -0.1) is 0 Å². The number of non-ortho nitro benzene ring substituents is 1. The van der Waals surface area contributed by atoms with E-state index in [9.17, 15) is 28.1 Å². The van der Waals surface area contributed by atoms with E-state index in [1.54, 1.807) is 0 Å². The molecule has 0 amide bonds. The third-order valence-corrected chi connectivity index (χ3v) is 2.91. The molecule has 4 nitrogen and oxygen atoms in total. The molecular weight excluding hydrogens is 251 g/mol. The van der Waals surface area contributed by atoms with Gasteiger partial charge in [-0.1, -0.05) is 0 Å². The average Bonchev–Trinajstić information content (AvgIpc) is 3.07. The van der Waals surface area contributed by atoms with Crippen LogP contribution in [0.2, 0.25) is 0 Å². The summed E-state index contributed by atoms with van der Waals surface area (Å²) in [5.74, 6) is -3.21. The lowest BCUT2D eigenvalue weighted by Gasteiger charge is -2.04. The second-order valence-electron chi connectivity index (χ2n) is 4.16. The molecule has 1 aliphatic rings. The molecule has 0 spiro atoms. The highest BCUT2D eigenvalue weighted by Crippen LogP contribution is 2.51. The summed E-state index contributed by atoms with van der Waals surface area (Å²) in [6, 6.07) is 4.59. The summed E-state index contributed by atoms with van der Waals surface area (Å²) in [5, 5.41) is 10.4. The van der Waals surface area contributed by atoms with E-state index in [1.807, 2.05) is 0 Å². The summed E-state index contributed by atoms with van der Waals surface area (Å²) in [5.41, 5.74) is -0.118. The first-order valence-corrected chi connectivity index (χ1v) is 5.16. The maximum atomic E-state index is 12.3. The minimum Gasteiger partial charge on any atom is -0.294 e. The van der Waals surface area contributed by atoms with Gasteiger partial charge in [-0.2, -0.15) is 13.2 Å². The zero-order valence-electron chi connectivity index (χ0n) is 8.98. The zero-order chi connectivity index (χ0) is 13.5. The number of carbonyl (C=O) groups excluding carboxylic acids is 1. The van der Waals surface area contributed by atoms with Crippen LogP contribution in [0.25, 0.3) is 0 Å². The molecule has 18 heavy (non-hydrogen) atoms. The van der Waals surface area contributed by atoms with E-state index in [4.69, 9.17) is 0 Å². The van der Waals surface area contributed by atoms with Crippen molar-refractivity contribution in [1.82, 2.24) is 0 Å². The molecule has 2 atom stereocenters. The average molecular weight is 259 g/mol. The molecule has 0 aromatic heterocycles. The predicted octanol–water partition coefficient (Wildman–Crippen LogP) is 2.98. The lowest BCUT2D eigenvalue weighted by molar-refractivity contribution is -0.384. The third-order valence-electron chi connectivity index (χ3n) is 2.91. The summed E-state index contributed by atoms with van der Waals surface area (Å²) in [6.07, 6.45) is -4.54. The van der Waals surface area contributed by atoms with Crippen molar-refractivity contribution in [1.29, 1.82) is 0 Å². The van der Waals surface area contributed by atoms with Crippen LogP contribution in [0.4, 0.5) is 18.9 Å². The van der Waals surface area contributed by atoms with E-state index in [1.165, 1.54) is 12.1 Å². The summed E-state index contributed by atoms with van der Waals surface area (Å²) in [7, 11) is 0. The van der Waals surface area contributed by atoms with Gasteiger partial charge in [-0.3, -0.25) is 14.9 Å². The number of ketones is 1. The highest BCUT2D eigenvalue weighted by Gasteiger charge is 2.58. The summed E-state index contributed by atoms with van der Waals surface area (Å²) in [4.78, 5) is 21.4. The van der Waals surface area contributed by atoms with Crippen LogP contribution in [0.15, 0.2) is 24.3 Å². The van der Waals surface area contributed by atoms with Crippen molar-refractivity contribution in [2.75, 3.05) is 0 Å². The van der Waals surface area contributed by atoms with Crippen LogP contribution in [0.5, 0.6) is 0 Å². The molecule has 0 aliphatic heterocycles. The molecule has 0 radical (unpaired) electrons. The van der Waals surface area contributed by atoms with Gasteiger partial charge in [0.15, 0.2) is 5.78 Å². The van der Waals surface area contributed by atoms with Crippen LogP contribution in [-0.2, 0) is 0 Å². The maximum Gasteiger partial charge on any atom is 0.392 e. The van der Waals surface area contributed by atoms with Crippen LogP contribution in [0.1, 0.15) is 16.8 Å². The second-order valence-corrected chi connectivity index (χ2v) is 4.16. The highest BCUT2D eigenvalue weighted by molar-refractivity contribution is 5.99. The van der Waals surface area contributed by atoms with Gasteiger partial charge in [0.25, 0.3) is 5.69 Å². The van der Waals surface area contributed by atoms with Crippen molar-refractivity contribution in [3.63, 3.8) is 0 Å². The first kappa shape index (κ1) is 12.5. The lowest BCUT2D eigenvalue weighted by Crippen LogP contribution is -2.15. The quantitative estimate of drug-likeness (QED) is 0.476. The van der Waals surface area contributed by atoms with Crippen LogP contribution in [0, 0.1) is 22.0 Å². The molecule has 96 valence electrons. The fourth-order valence-corrected chi connectivity index (χ4v) is 1.81. The number of halogens is 3. The number of hydrogen-bond acceptors (Lipinski definition) is 3. The Hall–Kier alpha value is -1.92. The van der Waals surface area contributed by atoms with Gasteiger partial charge in [0.05, 0.1) is 10.8 Å². The third kappa shape index (κ3) is 2.34. The lowest BCUT2D eigenvalue weighted by atomic mass is 10.1. The van der Waals surface area contributed by atoms with E-state index in [2.05, 4.69) is 0 Å². The molecular formula is C11H8F3NO3. The van der Waals surface area contributed by atoms with Crippen LogP contribution in [-0.4, -0.2) is 16.9 Å². The number of rotatable bonds is 3. The van der Waals surface area contributed by atoms with Crippen LogP contribution in [0.3, 0.4) is 0 Å². The Morgan fingerprint density at radius 2 is 1.83 bits per heavy atom. The Morgan fingerprint density at radius 3 is 2.22 bits per heavy atom. The van der Waals surface area contributed by atoms with Crippen molar-refractivity contribution in [2.24, 2.45) is 11.8 Å². The smallest absolute Gasteiger partial charge is 0.294 e. The summed E-state index contributed by atoms with van der Waals surface area (Å²) < 4.78 is 36.9. The number of Topliss-reactive ketones (excluding diaryl/α,β-unsaturated/α-hetero) is 1. The maximum absolute atomic E-state index is 12.3.